The molecule has 1 aliphatic rings. The molecule has 47 heavy (non-hydrogen) atoms. The summed E-state index contributed by atoms with van der Waals surface area (Å²) < 4.78 is 2.38. The molecule has 8 aromatic rings. The van der Waals surface area contributed by atoms with Crippen LogP contribution in [-0.4, -0.2) is 4.57 Å². The van der Waals surface area contributed by atoms with Gasteiger partial charge in [0.2, 0.25) is 0 Å². The highest BCUT2D eigenvalue weighted by Gasteiger charge is 2.35. The monoisotopic (exact) mass is 602 g/mol. The van der Waals surface area contributed by atoms with Crippen molar-refractivity contribution in [3.8, 4) is 27.9 Å². The first kappa shape index (κ1) is 27.5. The van der Waals surface area contributed by atoms with Gasteiger partial charge in [-0.3, -0.25) is 0 Å². The third-order valence-corrected chi connectivity index (χ3v) is 10.0. The zero-order valence-electron chi connectivity index (χ0n) is 26.6. The molecule has 0 amide bonds. The molecule has 0 N–H and O–H groups in total. The van der Waals surface area contributed by atoms with Crippen molar-refractivity contribution in [1.29, 1.82) is 0 Å². The number of hydrogen-bond acceptors (Lipinski definition) is 1. The van der Waals surface area contributed by atoms with E-state index in [9.17, 15) is 0 Å². The molecule has 0 aliphatic heterocycles. The fourth-order valence-electron chi connectivity index (χ4n) is 7.68. The first-order valence-corrected chi connectivity index (χ1v) is 16.4. The van der Waals surface area contributed by atoms with Gasteiger partial charge in [0.1, 0.15) is 0 Å². The maximum atomic E-state index is 2.39. The van der Waals surface area contributed by atoms with Gasteiger partial charge >= 0.3 is 0 Å². The highest BCUT2D eigenvalue weighted by Crippen LogP contribution is 2.50. The average Bonchev–Trinajstić information content (AvgIpc) is 3.58. The second-order valence-electron chi connectivity index (χ2n) is 13.0. The van der Waals surface area contributed by atoms with Gasteiger partial charge in [-0.2, -0.15) is 0 Å². The maximum Gasteiger partial charge on any atom is 0.0541 e. The van der Waals surface area contributed by atoms with Crippen LogP contribution in [0.3, 0.4) is 0 Å². The van der Waals surface area contributed by atoms with Crippen molar-refractivity contribution < 1.29 is 0 Å². The number of para-hydroxylation sites is 2. The lowest BCUT2D eigenvalue weighted by Crippen LogP contribution is -2.15. The Hall–Kier alpha value is -5.86. The summed E-state index contributed by atoms with van der Waals surface area (Å²) in [5, 5.41) is 2.54. The van der Waals surface area contributed by atoms with Crippen LogP contribution in [0, 0.1) is 0 Å². The fraction of sp³-hybridized carbons (Fsp3) is 0.0667. The number of rotatable bonds is 5. The normalized spacial score (nSPS) is 13.1. The minimum atomic E-state index is -0.0312. The number of aromatic nitrogens is 1. The van der Waals surface area contributed by atoms with Gasteiger partial charge in [-0.15, -0.1) is 0 Å². The van der Waals surface area contributed by atoms with Crippen molar-refractivity contribution in [3.63, 3.8) is 0 Å². The summed E-state index contributed by atoms with van der Waals surface area (Å²) in [5.41, 5.74) is 14.8. The molecule has 0 radical (unpaired) electrons. The molecule has 1 aliphatic carbocycles. The second kappa shape index (κ2) is 10.6. The Bertz CT molecular complexity index is 2360. The standard InChI is InChI=1S/C45H34N2/c1-45(2)41-17-9-6-14-37(41)40-30-36(28-29-42(40)45)46(33-22-20-32(21-23-33)31-12-4-3-5-13-31)34-24-26-35(27-25-34)47-43-18-10-7-15-38(43)39-16-8-11-19-44(39)47/h3-30H,1-2H3. The Morgan fingerprint density at radius 3 is 1.62 bits per heavy atom. The van der Waals surface area contributed by atoms with Gasteiger partial charge in [0.05, 0.1) is 11.0 Å². The number of hydrogen-bond donors (Lipinski definition) is 0. The highest BCUT2D eigenvalue weighted by molar-refractivity contribution is 6.09. The lowest BCUT2D eigenvalue weighted by molar-refractivity contribution is 0.660. The maximum absolute atomic E-state index is 2.39. The van der Waals surface area contributed by atoms with E-state index in [1.54, 1.807) is 0 Å². The SMILES string of the molecule is CC1(C)c2ccccc2-c2cc(N(c3ccc(-c4ccccc4)cc3)c3ccc(-n4c5ccccc5c5ccccc54)cc3)ccc21. The predicted molar refractivity (Wildman–Crippen MR) is 198 cm³/mol. The summed E-state index contributed by atoms with van der Waals surface area (Å²) in [6.07, 6.45) is 0. The van der Waals surface area contributed by atoms with Crippen LogP contribution in [0.2, 0.25) is 0 Å². The topological polar surface area (TPSA) is 8.17 Å². The lowest BCUT2D eigenvalue weighted by Gasteiger charge is -2.27. The first-order valence-electron chi connectivity index (χ1n) is 16.4. The highest BCUT2D eigenvalue weighted by atomic mass is 15.1. The van der Waals surface area contributed by atoms with E-state index in [4.69, 9.17) is 0 Å². The number of anilines is 3. The van der Waals surface area contributed by atoms with Crippen molar-refractivity contribution >= 4 is 38.9 Å². The van der Waals surface area contributed by atoms with Crippen molar-refractivity contribution in [1.82, 2.24) is 4.57 Å². The van der Waals surface area contributed by atoms with Gasteiger partial charge in [0.15, 0.2) is 0 Å². The van der Waals surface area contributed by atoms with Crippen LogP contribution in [-0.2, 0) is 5.41 Å². The summed E-state index contributed by atoms with van der Waals surface area (Å²) >= 11 is 0. The molecule has 0 bridgehead atoms. The first-order chi connectivity index (χ1) is 23.1. The molecule has 0 saturated carbocycles. The molecular formula is C45H34N2. The van der Waals surface area contributed by atoms with Crippen LogP contribution in [0.25, 0.3) is 49.7 Å². The van der Waals surface area contributed by atoms with E-state index in [-0.39, 0.29) is 5.41 Å². The molecule has 0 atom stereocenters. The van der Waals surface area contributed by atoms with Gasteiger partial charge in [0.25, 0.3) is 0 Å². The molecule has 0 saturated heterocycles. The van der Waals surface area contributed by atoms with E-state index in [2.05, 4.69) is 193 Å². The van der Waals surface area contributed by atoms with Crippen LogP contribution in [0.5, 0.6) is 0 Å². The third kappa shape index (κ3) is 4.33. The summed E-state index contributed by atoms with van der Waals surface area (Å²) in [5.74, 6) is 0. The van der Waals surface area contributed by atoms with Crippen LogP contribution in [0.15, 0.2) is 170 Å². The smallest absolute Gasteiger partial charge is 0.0541 e. The molecular weight excluding hydrogens is 569 g/mol. The minimum Gasteiger partial charge on any atom is -0.310 e. The second-order valence-corrected chi connectivity index (χ2v) is 13.0. The van der Waals surface area contributed by atoms with Crippen LogP contribution < -0.4 is 4.90 Å². The Morgan fingerprint density at radius 1 is 0.426 bits per heavy atom. The molecule has 1 heterocycles. The van der Waals surface area contributed by atoms with E-state index in [1.807, 2.05) is 0 Å². The van der Waals surface area contributed by atoms with E-state index in [0.717, 1.165) is 22.7 Å². The minimum absolute atomic E-state index is 0.0312. The van der Waals surface area contributed by atoms with Crippen molar-refractivity contribution in [3.05, 3.63) is 181 Å². The molecule has 7 aromatic carbocycles. The van der Waals surface area contributed by atoms with Crippen molar-refractivity contribution in [2.45, 2.75) is 19.3 Å². The lowest BCUT2D eigenvalue weighted by atomic mass is 9.82. The summed E-state index contributed by atoms with van der Waals surface area (Å²) in [7, 11) is 0. The van der Waals surface area contributed by atoms with Crippen LogP contribution in [0.1, 0.15) is 25.0 Å². The fourth-order valence-corrected chi connectivity index (χ4v) is 7.68. The van der Waals surface area contributed by atoms with Gasteiger partial charge in [0, 0.05) is 38.9 Å². The van der Waals surface area contributed by atoms with Gasteiger partial charge in [-0.25, -0.2) is 0 Å². The Morgan fingerprint density at radius 2 is 0.936 bits per heavy atom. The van der Waals surface area contributed by atoms with Gasteiger partial charge in [-0.05, 0) is 94.0 Å². The summed E-state index contributed by atoms with van der Waals surface area (Å²) in [6.45, 7) is 4.68. The van der Waals surface area contributed by atoms with E-state index < -0.39 is 0 Å². The molecule has 0 spiro atoms. The molecule has 2 heteroatoms. The molecule has 0 fully saturated rings. The average molecular weight is 603 g/mol. The van der Waals surface area contributed by atoms with Crippen LogP contribution in [0.4, 0.5) is 17.1 Å². The molecule has 224 valence electrons. The number of fused-ring (bicyclic) bond motifs is 6. The van der Waals surface area contributed by atoms with Crippen molar-refractivity contribution in [2.75, 3.05) is 4.90 Å². The van der Waals surface area contributed by atoms with Crippen molar-refractivity contribution in [2.24, 2.45) is 0 Å². The Kier molecular flexibility index (Phi) is 6.20. The third-order valence-electron chi connectivity index (χ3n) is 10.0. The zero-order valence-corrected chi connectivity index (χ0v) is 26.6. The summed E-state index contributed by atoms with van der Waals surface area (Å²) in [4.78, 5) is 2.39. The van der Waals surface area contributed by atoms with Gasteiger partial charge in [-0.1, -0.05) is 123 Å². The molecule has 0 unspecified atom stereocenters. The molecule has 9 rings (SSSR count). The van der Waals surface area contributed by atoms with E-state index in [1.165, 1.54) is 55.2 Å². The zero-order chi connectivity index (χ0) is 31.5. The van der Waals surface area contributed by atoms with E-state index >= 15 is 0 Å². The molecule has 2 nitrogen and oxygen atoms in total. The predicted octanol–water partition coefficient (Wildman–Crippen LogP) is 12.2. The van der Waals surface area contributed by atoms with Crippen LogP contribution >= 0.6 is 0 Å². The quantitative estimate of drug-likeness (QED) is 0.190. The molecule has 1 aromatic heterocycles. The Balaban J connectivity index is 1.19. The largest absolute Gasteiger partial charge is 0.310 e. The number of benzene rings is 7. The number of nitrogens with zero attached hydrogens (tertiary/aromatic N) is 2. The van der Waals surface area contributed by atoms with E-state index in [0.29, 0.717) is 0 Å². The Labute approximate surface area is 275 Å². The van der Waals surface area contributed by atoms with Gasteiger partial charge < -0.3 is 9.47 Å². The summed E-state index contributed by atoms with van der Waals surface area (Å²) in [6, 6.07) is 61.8.